The van der Waals surface area contributed by atoms with E-state index in [4.69, 9.17) is 9.47 Å². The van der Waals surface area contributed by atoms with Gasteiger partial charge in [0.15, 0.2) is 0 Å². The molecule has 29 heavy (non-hydrogen) atoms. The van der Waals surface area contributed by atoms with Crippen LogP contribution in [0.5, 0.6) is 17.6 Å². The Labute approximate surface area is 167 Å². The SMILES string of the molecule is COc1ccc(N2C=CC3C=C(Oc4nc(O)c5ccncc5n4)C=CC32)cc1. The van der Waals surface area contributed by atoms with Gasteiger partial charge in [-0.3, -0.25) is 4.98 Å². The van der Waals surface area contributed by atoms with E-state index in [1.807, 2.05) is 36.4 Å². The maximum Gasteiger partial charge on any atom is 0.325 e. The summed E-state index contributed by atoms with van der Waals surface area (Å²) in [4.78, 5) is 14.6. The van der Waals surface area contributed by atoms with Gasteiger partial charge in [0.05, 0.1) is 30.3 Å². The van der Waals surface area contributed by atoms with Crippen LogP contribution in [0, 0.1) is 5.92 Å². The van der Waals surface area contributed by atoms with Crippen LogP contribution in [0.15, 0.2) is 79.0 Å². The van der Waals surface area contributed by atoms with E-state index in [2.05, 4.69) is 38.2 Å². The molecule has 2 atom stereocenters. The fraction of sp³-hybridized carbons (Fsp3) is 0.136. The van der Waals surface area contributed by atoms with E-state index < -0.39 is 0 Å². The van der Waals surface area contributed by atoms with E-state index >= 15 is 0 Å². The highest BCUT2D eigenvalue weighted by Crippen LogP contribution is 2.34. The molecule has 5 rings (SSSR count). The number of hydrogen-bond donors (Lipinski definition) is 1. The number of nitrogens with zero attached hydrogens (tertiary/aromatic N) is 4. The molecular weight excluding hydrogens is 368 g/mol. The molecule has 1 aliphatic carbocycles. The summed E-state index contributed by atoms with van der Waals surface area (Å²) in [7, 11) is 1.66. The zero-order valence-corrected chi connectivity index (χ0v) is 15.6. The molecule has 0 saturated heterocycles. The second-order valence-corrected chi connectivity index (χ2v) is 6.77. The first kappa shape index (κ1) is 17.2. The maximum atomic E-state index is 10.1. The monoisotopic (exact) mass is 386 g/mol. The van der Waals surface area contributed by atoms with Gasteiger partial charge in [0, 0.05) is 24.0 Å². The molecule has 0 spiro atoms. The number of pyridine rings is 1. The van der Waals surface area contributed by atoms with Crippen LogP contribution in [0.3, 0.4) is 0 Å². The van der Waals surface area contributed by atoms with Gasteiger partial charge in [-0.15, -0.1) is 0 Å². The van der Waals surface area contributed by atoms with Crippen molar-refractivity contribution in [2.75, 3.05) is 12.0 Å². The zero-order valence-electron chi connectivity index (χ0n) is 15.6. The summed E-state index contributed by atoms with van der Waals surface area (Å²) in [6.45, 7) is 0. The highest BCUT2D eigenvalue weighted by Gasteiger charge is 2.29. The zero-order chi connectivity index (χ0) is 19.8. The lowest BCUT2D eigenvalue weighted by Crippen LogP contribution is -2.31. The molecule has 3 heterocycles. The van der Waals surface area contributed by atoms with Gasteiger partial charge in [0.1, 0.15) is 11.5 Å². The molecule has 0 saturated carbocycles. The van der Waals surface area contributed by atoms with Crippen molar-refractivity contribution in [3.63, 3.8) is 0 Å². The van der Waals surface area contributed by atoms with Gasteiger partial charge in [-0.2, -0.15) is 9.97 Å². The van der Waals surface area contributed by atoms with E-state index in [1.165, 1.54) is 0 Å². The Morgan fingerprint density at radius 2 is 1.93 bits per heavy atom. The summed E-state index contributed by atoms with van der Waals surface area (Å²) in [6.07, 6.45) is 13.4. The van der Waals surface area contributed by atoms with Crippen molar-refractivity contribution >= 4 is 16.6 Å². The first-order valence-corrected chi connectivity index (χ1v) is 9.20. The lowest BCUT2D eigenvalue weighted by Gasteiger charge is -2.28. The van der Waals surface area contributed by atoms with Crippen molar-refractivity contribution in [1.82, 2.24) is 15.0 Å². The number of rotatable bonds is 4. The third-order valence-electron chi connectivity index (χ3n) is 5.04. The number of aromatic nitrogens is 3. The molecule has 1 aromatic carbocycles. The van der Waals surface area contributed by atoms with Crippen molar-refractivity contribution in [2.24, 2.45) is 5.92 Å². The normalized spacial score (nSPS) is 19.9. The number of anilines is 1. The fourth-order valence-electron chi connectivity index (χ4n) is 3.58. The van der Waals surface area contributed by atoms with Crippen LogP contribution >= 0.6 is 0 Å². The molecule has 144 valence electrons. The second kappa shape index (κ2) is 6.94. The van der Waals surface area contributed by atoms with E-state index in [-0.39, 0.29) is 23.9 Å². The average molecular weight is 386 g/mol. The first-order chi connectivity index (χ1) is 14.2. The molecule has 7 heteroatoms. The number of benzene rings is 1. The second-order valence-electron chi connectivity index (χ2n) is 6.77. The van der Waals surface area contributed by atoms with Gasteiger partial charge < -0.3 is 19.5 Å². The van der Waals surface area contributed by atoms with Crippen LogP contribution in [-0.4, -0.2) is 33.2 Å². The molecule has 2 aliphatic rings. The number of hydrogen-bond acceptors (Lipinski definition) is 7. The number of aromatic hydroxyl groups is 1. The minimum atomic E-state index is -0.128. The molecule has 2 aromatic heterocycles. The first-order valence-electron chi connectivity index (χ1n) is 9.20. The van der Waals surface area contributed by atoms with Gasteiger partial charge in [-0.25, -0.2) is 0 Å². The molecule has 3 aromatic rings. The fourth-order valence-corrected chi connectivity index (χ4v) is 3.58. The number of ether oxygens (including phenoxy) is 2. The van der Waals surface area contributed by atoms with E-state index in [1.54, 1.807) is 25.6 Å². The summed E-state index contributed by atoms with van der Waals surface area (Å²) in [5.74, 6) is 1.50. The Morgan fingerprint density at radius 1 is 1.07 bits per heavy atom. The van der Waals surface area contributed by atoms with Crippen LogP contribution in [-0.2, 0) is 0 Å². The third kappa shape index (κ3) is 3.16. The van der Waals surface area contributed by atoms with Gasteiger partial charge >= 0.3 is 6.01 Å². The Bertz CT molecular complexity index is 1150. The topological polar surface area (TPSA) is 80.6 Å². The quantitative estimate of drug-likeness (QED) is 0.734. The summed E-state index contributed by atoms with van der Waals surface area (Å²) >= 11 is 0. The maximum absolute atomic E-state index is 10.1. The van der Waals surface area contributed by atoms with E-state index in [0.29, 0.717) is 16.7 Å². The minimum absolute atomic E-state index is 0.0892. The summed E-state index contributed by atoms with van der Waals surface area (Å²) in [6, 6.07) is 9.90. The van der Waals surface area contributed by atoms with Crippen LogP contribution in [0.2, 0.25) is 0 Å². The van der Waals surface area contributed by atoms with Crippen molar-refractivity contribution in [3.8, 4) is 17.6 Å². The average Bonchev–Trinajstić information content (AvgIpc) is 3.17. The van der Waals surface area contributed by atoms with Gasteiger partial charge in [0.25, 0.3) is 0 Å². The molecule has 0 amide bonds. The molecule has 0 fully saturated rings. The minimum Gasteiger partial charge on any atom is -0.497 e. The largest absolute Gasteiger partial charge is 0.497 e. The molecule has 7 nitrogen and oxygen atoms in total. The smallest absolute Gasteiger partial charge is 0.325 e. The molecule has 0 radical (unpaired) electrons. The van der Waals surface area contributed by atoms with E-state index in [0.717, 1.165) is 11.4 Å². The molecular formula is C22H18N4O3. The number of methoxy groups -OCH3 is 1. The highest BCUT2D eigenvalue weighted by atomic mass is 16.5. The summed E-state index contributed by atoms with van der Waals surface area (Å²) in [5, 5.41) is 10.6. The van der Waals surface area contributed by atoms with Crippen molar-refractivity contribution in [1.29, 1.82) is 0 Å². The van der Waals surface area contributed by atoms with Crippen LogP contribution in [0.1, 0.15) is 0 Å². The Hall–Kier alpha value is -3.87. The molecule has 1 N–H and O–H groups in total. The van der Waals surface area contributed by atoms with Crippen LogP contribution in [0.4, 0.5) is 5.69 Å². The number of allylic oxidation sites excluding steroid dienone is 1. The van der Waals surface area contributed by atoms with E-state index in [9.17, 15) is 5.11 Å². The lowest BCUT2D eigenvalue weighted by atomic mass is 9.96. The molecule has 0 bridgehead atoms. The Morgan fingerprint density at radius 3 is 2.76 bits per heavy atom. The van der Waals surface area contributed by atoms with Gasteiger partial charge in [0.2, 0.25) is 5.88 Å². The van der Waals surface area contributed by atoms with Crippen molar-refractivity contribution < 1.29 is 14.6 Å². The van der Waals surface area contributed by atoms with Crippen LogP contribution in [0.25, 0.3) is 10.9 Å². The summed E-state index contributed by atoms with van der Waals surface area (Å²) < 4.78 is 11.1. The van der Waals surface area contributed by atoms with Crippen molar-refractivity contribution in [3.05, 3.63) is 79.0 Å². The Kier molecular flexibility index (Phi) is 4.13. The Balaban J connectivity index is 1.35. The van der Waals surface area contributed by atoms with Gasteiger partial charge in [-0.1, -0.05) is 12.2 Å². The van der Waals surface area contributed by atoms with Crippen LogP contribution < -0.4 is 14.4 Å². The highest BCUT2D eigenvalue weighted by molar-refractivity contribution is 5.82. The predicted octanol–water partition coefficient (Wildman–Crippen LogP) is 3.59. The predicted molar refractivity (Wildman–Crippen MR) is 109 cm³/mol. The number of fused-ring (bicyclic) bond motifs is 2. The standard InChI is InChI=1S/C22H18N4O3/c1-28-16-4-2-15(3-5-16)26-11-9-14-12-17(6-7-20(14)26)29-22-24-19-13-23-10-8-18(19)21(27)25-22/h2-14,20H,1H3,(H,24,25,27). The third-order valence-corrected chi connectivity index (χ3v) is 5.04. The molecule has 1 aliphatic heterocycles. The van der Waals surface area contributed by atoms with Gasteiger partial charge in [-0.05, 0) is 42.5 Å². The van der Waals surface area contributed by atoms with Crippen molar-refractivity contribution in [2.45, 2.75) is 6.04 Å². The molecule has 2 unspecified atom stereocenters. The lowest BCUT2D eigenvalue weighted by molar-refractivity contribution is 0.383. The summed E-state index contributed by atoms with van der Waals surface area (Å²) in [5.41, 5.74) is 1.62.